The van der Waals surface area contributed by atoms with Gasteiger partial charge in [-0.25, -0.2) is 8.42 Å². The average Bonchev–Trinajstić information content (AvgIpc) is 2.64. The number of nitrogens with zero attached hydrogens (tertiary/aromatic N) is 1. The summed E-state index contributed by atoms with van der Waals surface area (Å²) in [7, 11) is -1.28. The molecule has 8 heteroatoms. The third-order valence-electron chi connectivity index (χ3n) is 5.62. The lowest BCUT2D eigenvalue weighted by Gasteiger charge is -2.30. The van der Waals surface area contributed by atoms with E-state index in [1.807, 2.05) is 0 Å². The second-order valence-electron chi connectivity index (χ2n) is 8.07. The molecule has 2 aliphatic rings. The van der Waals surface area contributed by atoms with Crippen LogP contribution >= 0.6 is 0 Å². The van der Waals surface area contributed by atoms with Gasteiger partial charge in [0.1, 0.15) is 26.2 Å². The smallest absolute Gasteiger partial charge is 0.279 e. The van der Waals surface area contributed by atoms with E-state index in [4.69, 9.17) is 0 Å². The summed E-state index contributed by atoms with van der Waals surface area (Å²) < 4.78 is 27.2. The largest absolute Gasteiger partial charge is 0.328 e. The summed E-state index contributed by atoms with van der Waals surface area (Å²) in [6, 6.07) is 6.55. The Morgan fingerprint density at radius 1 is 1.19 bits per heavy atom. The van der Waals surface area contributed by atoms with Gasteiger partial charge in [0.2, 0.25) is 10.0 Å². The molecule has 2 fully saturated rings. The van der Waals surface area contributed by atoms with E-state index in [9.17, 15) is 13.2 Å². The van der Waals surface area contributed by atoms with Gasteiger partial charge in [0, 0.05) is 18.8 Å². The zero-order chi connectivity index (χ0) is 19.4. The van der Waals surface area contributed by atoms with Gasteiger partial charge in [-0.2, -0.15) is 4.31 Å². The van der Waals surface area contributed by atoms with E-state index in [0.717, 1.165) is 39.0 Å². The quantitative estimate of drug-likeness (QED) is 0.565. The third kappa shape index (κ3) is 5.28. The topological polar surface area (TPSA) is 75.4 Å². The predicted octanol–water partition coefficient (Wildman–Crippen LogP) is -1.54. The molecule has 1 aromatic carbocycles. The number of quaternary nitrogens is 2. The fourth-order valence-electron chi connectivity index (χ4n) is 3.86. The molecule has 2 aliphatic heterocycles. The molecule has 0 radical (unpaired) electrons. The molecule has 0 spiro atoms. The van der Waals surface area contributed by atoms with Crippen molar-refractivity contribution in [1.29, 1.82) is 0 Å². The van der Waals surface area contributed by atoms with Crippen LogP contribution in [0.1, 0.15) is 19.8 Å². The highest BCUT2D eigenvalue weighted by molar-refractivity contribution is 7.89. The lowest BCUT2D eigenvalue weighted by atomic mass is 10.0. The normalized spacial score (nSPS) is 27.3. The highest BCUT2D eigenvalue weighted by Crippen LogP contribution is 2.24. The standard InChI is InChI=1S/C19H30N4O3S/c1-16-4-3-9-23(14-16)27(25,26)18-7-5-17(6-8-18)20-19(24)15-22-12-10-21(2)11-13-22/h5-8,16H,3-4,9-15H2,1-2H3,(H,20,24)/p+2/t16-/m0/s1. The Labute approximate surface area is 162 Å². The van der Waals surface area contributed by atoms with Gasteiger partial charge in [-0.15, -0.1) is 0 Å². The lowest BCUT2D eigenvalue weighted by Crippen LogP contribution is -3.27. The number of carbonyl (C=O) groups is 1. The first-order valence-electron chi connectivity index (χ1n) is 9.89. The highest BCUT2D eigenvalue weighted by Gasteiger charge is 2.28. The Kier molecular flexibility index (Phi) is 6.52. The predicted molar refractivity (Wildman–Crippen MR) is 104 cm³/mol. The van der Waals surface area contributed by atoms with E-state index in [-0.39, 0.29) is 5.91 Å². The van der Waals surface area contributed by atoms with Crippen LogP contribution in [0.4, 0.5) is 5.69 Å². The van der Waals surface area contributed by atoms with Crippen molar-refractivity contribution in [1.82, 2.24) is 4.31 Å². The van der Waals surface area contributed by atoms with E-state index >= 15 is 0 Å². The van der Waals surface area contributed by atoms with Crippen LogP contribution in [0.2, 0.25) is 0 Å². The third-order valence-corrected chi connectivity index (χ3v) is 7.50. The van der Waals surface area contributed by atoms with Crippen molar-refractivity contribution in [3.05, 3.63) is 24.3 Å². The lowest BCUT2D eigenvalue weighted by molar-refractivity contribution is -0.999. The van der Waals surface area contributed by atoms with Crippen molar-refractivity contribution in [2.75, 3.05) is 58.2 Å². The second-order valence-corrected chi connectivity index (χ2v) is 10.0. The molecular weight excluding hydrogens is 364 g/mol. The molecule has 0 bridgehead atoms. The van der Waals surface area contributed by atoms with Crippen molar-refractivity contribution in [3.8, 4) is 0 Å². The number of benzene rings is 1. The van der Waals surface area contributed by atoms with Crippen LogP contribution in [0.5, 0.6) is 0 Å². The molecular formula is C19H32N4O3S+2. The molecule has 1 amide bonds. The molecule has 7 nitrogen and oxygen atoms in total. The van der Waals surface area contributed by atoms with Crippen molar-refractivity contribution in [2.45, 2.75) is 24.7 Å². The van der Waals surface area contributed by atoms with Gasteiger partial charge in [0.15, 0.2) is 6.54 Å². The minimum Gasteiger partial charge on any atom is -0.328 e. The molecule has 0 aliphatic carbocycles. The van der Waals surface area contributed by atoms with Gasteiger partial charge in [-0.1, -0.05) is 6.92 Å². The Morgan fingerprint density at radius 2 is 1.85 bits per heavy atom. The molecule has 0 saturated carbocycles. The van der Waals surface area contributed by atoms with Gasteiger partial charge in [-0.3, -0.25) is 4.79 Å². The van der Waals surface area contributed by atoms with Crippen LogP contribution in [0.3, 0.4) is 0 Å². The van der Waals surface area contributed by atoms with E-state index < -0.39 is 10.0 Å². The number of rotatable bonds is 5. The number of amides is 1. The van der Waals surface area contributed by atoms with Crippen molar-refractivity contribution < 1.29 is 23.0 Å². The highest BCUT2D eigenvalue weighted by atomic mass is 32.2. The number of nitrogens with one attached hydrogen (secondary N) is 3. The van der Waals surface area contributed by atoms with Crippen LogP contribution in [0.15, 0.2) is 29.2 Å². The van der Waals surface area contributed by atoms with Crippen molar-refractivity contribution >= 4 is 21.6 Å². The second kappa shape index (κ2) is 8.68. The number of anilines is 1. The van der Waals surface area contributed by atoms with E-state index in [0.29, 0.717) is 36.1 Å². The summed E-state index contributed by atoms with van der Waals surface area (Å²) in [4.78, 5) is 15.4. The number of hydrogen-bond acceptors (Lipinski definition) is 3. The van der Waals surface area contributed by atoms with Crippen LogP contribution in [0.25, 0.3) is 0 Å². The van der Waals surface area contributed by atoms with Gasteiger partial charge < -0.3 is 15.1 Å². The zero-order valence-electron chi connectivity index (χ0n) is 16.3. The molecule has 1 aromatic rings. The SMILES string of the molecule is C[C@H]1CCCN(S(=O)(=O)c2ccc(NC(=O)C[NH+]3CC[NH+](C)CC3)cc2)C1. The fourth-order valence-corrected chi connectivity index (χ4v) is 5.46. The first-order chi connectivity index (χ1) is 12.8. The molecule has 2 heterocycles. The summed E-state index contributed by atoms with van der Waals surface area (Å²) in [5, 5.41) is 2.89. The summed E-state index contributed by atoms with van der Waals surface area (Å²) in [6.45, 7) is 7.89. The molecule has 2 saturated heterocycles. The molecule has 27 heavy (non-hydrogen) atoms. The molecule has 0 unspecified atom stereocenters. The number of likely N-dealkylation sites (N-methyl/N-ethyl adjacent to an activating group) is 1. The maximum atomic E-state index is 12.8. The Morgan fingerprint density at radius 3 is 2.48 bits per heavy atom. The Hall–Kier alpha value is -1.48. The van der Waals surface area contributed by atoms with Crippen LogP contribution in [-0.2, 0) is 14.8 Å². The van der Waals surface area contributed by atoms with Gasteiger partial charge >= 0.3 is 0 Å². The Balaban J connectivity index is 1.57. The number of piperidine rings is 1. The summed E-state index contributed by atoms with van der Waals surface area (Å²) >= 11 is 0. The first-order valence-corrected chi connectivity index (χ1v) is 11.3. The van der Waals surface area contributed by atoms with Crippen LogP contribution in [-0.4, -0.2) is 71.5 Å². The van der Waals surface area contributed by atoms with Crippen molar-refractivity contribution in [3.63, 3.8) is 0 Å². The minimum atomic E-state index is -3.45. The van der Waals surface area contributed by atoms with Crippen LogP contribution < -0.4 is 15.1 Å². The summed E-state index contributed by atoms with van der Waals surface area (Å²) in [6.07, 6.45) is 1.98. The molecule has 1 atom stereocenters. The fraction of sp³-hybridized carbons (Fsp3) is 0.632. The molecule has 0 aromatic heterocycles. The van der Waals surface area contributed by atoms with E-state index in [2.05, 4.69) is 19.3 Å². The van der Waals surface area contributed by atoms with E-state index in [1.54, 1.807) is 28.6 Å². The number of sulfonamides is 1. The van der Waals surface area contributed by atoms with Crippen molar-refractivity contribution in [2.24, 2.45) is 5.92 Å². The van der Waals surface area contributed by atoms with Crippen LogP contribution in [0, 0.1) is 5.92 Å². The average molecular weight is 397 g/mol. The van der Waals surface area contributed by atoms with Gasteiger partial charge in [-0.05, 0) is 43.0 Å². The number of piperazine rings is 1. The maximum Gasteiger partial charge on any atom is 0.279 e. The maximum absolute atomic E-state index is 12.8. The minimum absolute atomic E-state index is 0.0231. The number of carbonyl (C=O) groups excluding carboxylic acids is 1. The summed E-state index contributed by atoms with van der Waals surface area (Å²) in [5.41, 5.74) is 0.644. The number of hydrogen-bond donors (Lipinski definition) is 3. The van der Waals surface area contributed by atoms with E-state index in [1.165, 1.54) is 9.80 Å². The van der Waals surface area contributed by atoms with Gasteiger partial charge in [0.25, 0.3) is 5.91 Å². The Bertz CT molecular complexity index is 743. The molecule has 3 rings (SSSR count). The monoisotopic (exact) mass is 396 g/mol. The zero-order valence-corrected chi connectivity index (χ0v) is 17.1. The molecule has 3 N–H and O–H groups in total. The molecule has 150 valence electrons. The summed E-state index contributed by atoms with van der Waals surface area (Å²) in [5.74, 6) is 0.371. The van der Waals surface area contributed by atoms with Gasteiger partial charge in [0.05, 0.1) is 11.9 Å². The first kappa shape index (κ1) is 20.3.